The minimum atomic E-state index is -0.975. The quantitative estimate of drug-likeness (QED) is 0.891. The van der Waals surface area contributed by atoms with E-state index in [4.69, 9.17) is 9.52 Å². The van der Waals surface area contributed by atoms with Gasteiger partial charge < -0.3 is 14.8 Å². The van der Waals surface area contributed by atoms with Gasteiger partial charge in [-0.05, 0) is 23.8 Å². The molecule has 0 atom stereocenters. The third-order valence-corrected chi connectivity index (χ3v) is 2.91. The molecule has 4 nitrogen and oxygen atoms in total. The van der Waals surface area contributed by atoms with Crippen molar-refractivity contribution in [2.24, 2.45) is 0 Å². The topological polar surface area (TPSA) is 62.5 Å². The molecular formula is C13H12BrNO3. The van der Waals surface area contributed by atoms with Gasteiger partial charge in [0, 0.05) is 11.0 Å². The predicted octanol–water partition coefficient (Wildman–Crippen LogP) is 3.03. The van der Waals surface area contributed by atoms with Crippen LogP contribution in [0.3, 0.4) is 0 Å². The van der Waals surface area contributed by atoms with E-state index in [2.05, 4.69) is 21.2 Å². The molecule has 2 aromatic rings. The van der Waals surface area contributed by atoms with Gasteiger partial charge in [-0.1, -0.05) is 28.1 Å². The van der Waals surface area contributed by atoms with Crippen molar-refractivity contribution in [3.8, 4) is 0 Å². The molecule has 0 saturated heterocycles. The van der Waals surface area contributed by atoms with E-state index in [0.29, 0.717) is 18.8 Å². The van der Waals surface area contributed by atoms with E-state index < -0.39 is 5.97 Å². The number of carboxylic acids is 1. The molecule has 0 amide bonds. The fourth-order valence-electron chi connectivity index (χ4n) is 1.56. The average Bonchev–Trinajstić information content (AvgIpc) is 2.78. The van der Waals surface area contributed by atoms with Gasteiger partial charge >= 0.3 is 5.97 Å². The van der Waals surface area contributed by atoms with Crippen LogP contribution in [-0.2, 0) is 13.1 Å². The van der Waals surface area contributed by atoms with Crippen molar-refractivity contribution >= 4 is 21.9 Å². The summed E-state index contributed by atoms with van der Waals surface area (Å²) in [5.41, 5.74) is 1.32. The van der Waals surface area contributed by atoms with Gasteiger partial charge in [0.2, 0.25) is 0 Å². The second kappa shape index (κ2) is 5.84. The molecule has 2 rings (SSSR count). The largest absolute Gasteiger partial charge is 0.478 e. The Balaban J connectivity index is 1.86. The van der Waals surface area contributed by atoms with E-state index in [1.165, 1.54) is 12.3 Å². The standard InChI is InChI=1S/C13H12BrNO3/c14-11-3-1-2-9(4-11)6-15-7-12-5-10(8-18-12)13(16)17/h1-5,8,15H,6-7H2,(H,16,17). The highest BCUT2D eigenvalue weighted by atomic mass is 79.9. The van der Waals surface area contributed by atoms with Gasteiger partial charge in [-0.15, -0.1) is 0 Å². The van der Waals surface area contributed by atoms with Gasteiger partial charge in [-0.3, -0.25) is 0 Å². The van der Waals surface area contributed by atoms with Gasteiger partial charge in [0.05, 0.1) is 12.1 Å². The molecule has 18 heavy (non-hydrogen) atoms. The SMILES string of the molecule is O=C(O)c1coc(CNCc2cccc(Br)c2)c1. The van der Waals surface area contributed by atoms with Gasteiger partial charge in [-0.2, -0.15) is 0 Å². The summed E-state index contributed by atoms with van der Waals surface area (Å²) in [6.07, 6.45) is 1.25. The van der Waals surface area contributed by atoms with Crippen LogP contribution in [0.2, 0.25) is 0 Å². The minimum Gasteiger partial charge on any atom is -0.478 e. The van der Waals surface area contributed by atoms with Crippen LogP contribution in [0.25, 0.3) is 0 Å². The van der Waals surface area contributed by atoms with E-state index >= 15 is 0 Å². The van der Waals surface area contributed by atoms with E-state index in [-0.39, 0.29) is 5.56 Å². The van der Waals surface area contributed by atoms with E-state index in [1.807, 2.05) is 24.3 Å². The number of halogens is 1. The number of carboxylic acid groups (broad SMARTS) is 1. The summed E-state index contributed by atoms with van der Waals surface area (Å²) in [7, 11) is 0. The van der Waals surface area contributed by atoms with Crippen LogP contribution in [-0.4, -0.2) is 11.1 Å². The Hall–Kier alpha value is -1.59. The lowest BCUT2D eigenvalue weighted by Crippen LogP contribution is -2.12. The molecule has 0 bridgehead atoms. The number of hydrogen-bond donors (Lipinski definition) is 2. The maximum absolute atomic E-state index is 10.7. The summed E-state index contributed by atoms with van der Waals surface area (Å²) in [6, 6.07) is 9.50. The molecule has 1 aromatic carbocycles. The lowest BCUT2D eigenvalue weighted by Gasteiger charge is -2.03. The molecule has 2 N–H and O–H groups in total. The van der Waals surface area contributed by atoms with Crippen molar-refractivity contribution in [3.05, 3.63) is 58.0 Å². The summed E-state index contributed by atoms with van der Waals surface area (Å²) in [5, 5.41) is 11.9. The van der Waals surface area contributed by atoms with Crippen molar-refractivity contribution in [1.82, 2.24) is 5.32 Å². The Morgan fingerprint density at radius 3 is 2.83 bits per heavy atom. The maximum atomic E-state index is 10.7. The number of nitrogens with one attached hydrogen (secondary N) is 1. The third kappa shape index (κ3) is 3.45. The second-order valence-electron chi connectivity index (χ2n) is 3.84. The molecular weight excluding hydrogens is 298 g/mol. The van der Waals surface area contributed by atoms with Gasteiger partial charge in [0.25, 0.3) is 0 Å². The second-order valence-corrected chi connectivity index (χ2v) is 4.76. The average molecular weight is 310 g/mol. The van der Waals surface area contributed by atoms with Gasteiger partial charge in [0.15, 0.2) is 0 Å². The molecule has 5 heteroatoms. The predicted molar refractivity (Wildman–Crippen MR) is 70.4 cm³/mol. The molecule has 0 aliphatic heterocycles. The highest BCUT2D eigenvalue weighted by molar-refractivity contribution is 9.10. The smallest absolute Gasteiger partial charge is 0.338 e. The maximum Gasteiger partial charge on any atom is 0.338 e. The Kier molecular flexibility index (Phi) is 4.17. The number of rotatable bonds is 5. The van der Waals surface area contributed by atoms with Crippen molar-refractivity contribution in [1.29, 1.82) is 0 Å². The zero-order valence-corrected chi connectivity index (χ0v) is 11.1. The molecule has 0 radical (unpaired) electrons. The van der Waals surface area contributed by atoms with E-state index in [9.17, 15) is 4.79 Å². The summed E-state index contributed by atoms with van der Waals surface area (Å²) in [4.78, 5) is 10.7. The molecule has 0 aliphatic rings. The molecule has 94 valence electrons. The monoisotopic (exact) mass is 309 g/mol. The molecule has 0 unspecified atom stereocenters. The number of furan rings is 1. The number of aromatic carboxylic acids is 1. The van der Waals surface area contributed by atoms with Crippen LogP contribution in [0.5, 0.6) is 0 Å². The number of benzene rings is 1. The summed E-state index contributed by atoms with van der Waals surface area (Å²) >= 11 is 3.41. The Morgan fingerprint density at radius 2 is 2.17 bits per heavy atom. The number of hydrogen-bond acceptors (Lipinski definition) is 3. The lowest BCUT2D eigenvalue weighted by molar-refractivity contribution is 0.0696. The van der Waals surface area contributed by atoms with Gasteiger partial charge in [0.1, 0.15) is 12.0 Å². The van der Waals surface area contributed by atoms with Gasteiger partial charge in [-0.25, -0.2) is 4.79 Å². The normalized spacial score (nSPS) is 10.5. The molecule has 0 spiro atoms. The van der Waals surface area contributed by atoms with E-state index in [1.54, 1.807) is 0 Å². The highest BCUT2D eigenvalue weighted by Crippen LogP contribution is 2.12. The highest BCUT2D eigenvalue weighted by Gasteiger charge is 2.07. The lowest BCUT2D eigenvalue weighted by atomic mass is 10.2. The van der Waals surface area contributed by atoms with E-state index in [0.717, 1.165) is 10.0 Å². The zero-order chi connectivity index (χ0) is 13.0. The first kappa shape index (κ1) is 12.9. The molecule has 1 aromatic heterocycles. The summed E-state index contributed by atoms with van der Waals surface area (Å²) < 4.78 is 6.17. The first-order chi connectivity index (χ1) is 8.65. The third-order valence-electron chi connectivity index (χ3n) is 2.42. The Morgan fingerprint density at radius 1 is 1.33 bits per heavy atom. The first-order valence-electron chi connectivity index (χ1n) is 5.41. The number of carbonyl (C=O) groups is 1. The molecule has 0 aliphatic carbocycles. The van der Waals surface area contributed by atoms with Crippen molar-refractivity contribution in [3.63, 3.8) is 0 Å². The zero-order valence-electron chi connectivity index (χ0n) is 9.52. The van der Waals surface area contributed by atoms with Crippen molar-refractivity contribution in [2.75, 3.05) is 0 Å². The summed E-state index contributed by atoms with van der Waals surface area (Å²) in [6.45, 7) is 1.20. The summed E-state index contributed by atoms with van der Waals surface area (Å²) in [5.74, 6) is -0.362. The van der Waals surface area contributed by atoms with Crippen LogP contribution < -0.4 is 5.32 Å². The Bertz CT molecular complexity index is 551. The van der Waals surface area contributed by atoms with Crippen LogP contribution in [0.1, 0.15) is 21.7 Å². The van der Waals surface area contributed by atoms with Crippen molar-refractivity contribution in [2.45, 2.75) is 13.1 Å². The van der Waals surface area contributed by atoms with Crippen molar-refractivity contribution < 1.29 is 14.3 Å². The van der Waals surface area contributed by atoms with Crippen LogP contribution in [0.15, 0.2) is 45.5 Å². The van der Waals surface area contributed by atoms with Crippen LogP contribution in [0.4, 0.5) is 0 Å². The fraction of sp³-hybridized carbons (Fsp3) is 0.154. The molecule has 0 saturated carbocycles. The molecule has 1 heterocycles. The van der Waals surface area contributed by atoms with Crippen LogP contribution in [0, 0.1) is 0 Å². The Labute approximate surface area is 113 Å². The first-order valence-corrected chi connectivity index (χ1v) is 6.20. The minimum absolute atomic E-state index is 0.175. The van der Waals surface area contributed by atoms with Crippen LogP contribution >= 0.6 is 15.9 Å². The fourth-order valence-corrected chi connectivity index (χ4v) is 2.01. The molecule has 0 fully saturated rings.